The zero-order chi connectivity index (χ0) is 23.2. The second-order valence-electron chi connectivity index (χ2n) is 8.30. The molecule has 2 aliphatic heterocycles. The van der Waals surface area contributed by atoms with Gasteiger partial charge in [0.15, 0.2) is 5.11 Å². The summed E-state index contributed by atoms with van der Waals surface area (Å²) in [4.78, 5) is 29.8. The van der Waals surface area contributed by atoms with E-state index in [0.717, 1.165) is 34.9 Å². The number of H-pyrrole nitrogens is 1. The summed E-state index contributed by atoms with van der Waals surface area (Å²) in [6, 6.07) is 16.6. The highest BCUT2D eigenvalue weighted by Crippen LogP contribution is 2.39. The zero-order valence-corrected chi connectivity index (χ0v) is 20.8. The van der Waals surface area contributed by atoms with E-state index in [1.165, 1.54) is 15.0 Å². The van der Waals surface area contributed by atoms with Crippen molar-refractivity contribution in [1.82, 2.24) is 20.2 Å². The Morgan fingerprint density at radius 2 is 2.12 bits per heavy atom. The van der Waals surface area contributed by atoms with Gasteiger partial charge >= 0.3 is 0 Å². The number of carbonyl (C=O) groups excluding carboxylic acids is 1. The molecule has 0 aliphatic carbocycles. The van der Waals surface area contributed by atoms with E-state index in [4.69, 9.17) is 17.2 Å². The van der Waals surface area contributed by atoms with E-state index in [0.29, 0.717) is 11.7 Å². The predicted octanol–water partition coefficient (Wildman–Crippen LogP) is 4.53. The van der Waals surface area contributed by atoms with Crippen LogP contribution in [-0.2, 0) is 4.79 Å². The average molecular weight is 507 g/mol. The number of fused-ring (bicyclic) bond motifs is 2. The minimum absolute atomic E-state index is 0.0325. The number of aliphatic imine (C=N–C) groups is 1. The third-order valence-corrected chi connectivity index (χ3v) is 8.67. The van der Waals surface area contributed by atoms with E-state index in [9.17, 15) is 4.79 Å². The van der Waals surface area contributed by atoms with E-state index in [-0.39, 0.29) is 17.3 Å². The highest BCUT2D eigenvalue weighted by Gasteiger charge is 2.38. The van der Waals surface area contributed by atoms with Gasteiger partial charge in [0.05, 0.1) is 23.9 Å². The summed E-state index contributed by atoms with van der Waals surface area (Å²) < 4.78 is 1.23. The Labute approximate surface area is 210 Å². The molecule has 2 aromatic carbocycles. The summed E-state index contributed by atoms with van der Waals surface area (Å²) >= 11 is 9.37. The number of nitrogens with one attached hydrogen (secondary N) is 2. The second-order valence-corrected chi connectivity index (χ2v) is 11.1. The van der Waals surface area contributed by atoms with Crippen LogP contribution in [0, 0.1) is 0 Å². The number of imidazole rings is 1. The Bertz CT molecular complexity index is 1410. The van der Waals surface area contributed by atoms with E-state index < -0.39 is 0 Å². The molecule has 172 valence electrons. The molecule has 34 heavy (non-hydrogen) atoms. The van der Waals surface area contributed by atoms with Crippen LogP contribution in [0.2, 0.25) is 0 Å². The third kappa shape index (κ3) is 3.85. The van der Waals surface area contributed by atoms with Gasteiger partial charge in [0.2, 0.25) is 5.91 Å². The van der Waals surface area contributed by atoms with E-state index in [2.05, 4.69) is 56.6 Å². The molecule has 4 aromatic rings. The van der Waals surface area contributed by atoms with Crippen LogP contribution in [0.4, 0.5) is 5.69 Å². The summed E-state index contributed by atoms with van der Waals surface area (Å²) in [6.45, 7) is 3.00. The van der Waals surface area contributed by atoms with Crippen LogP contribution in [-0.4, -0.2) is 55.9 Å². The van der Waals surface area contributed by atoms with Crippen molar-refractivity contribution >= 4 is 79.0 Å². The Hall–Kier alpha value is -2.95. The minimum atomic E-state index is -0.168. The van der Waals surface area contributed by atoms with E-state index >= 15 is 0 Å². The number of hydrogen-bond donors (Lipinski definition) is 2. The van der Waals surface area contributed by atoms with Gasteiger partial charge in [0.25, 0.3) is 0 Å². The molecule has 6 rings (SSSR count). The second kappa shape index (κ2) is 8.68. The van der Waals surface area contributed by atoms with Crippen molar-refractivity contribution < 1.29 is 4.79 Å². The largest absolute Gasteiger partial charge is 0.345 e. The normalized spacial score (nSPS) is 22.1. The molecule has 7 nitrogen and oxygen atoms in total. The lowest BCUT2D eigenvalue weighted by atomic mass is 10.1. The van der Waals surface area contributed by atoms with Gasteiger partial charge in [-0.2, -0.15) is 0 Å². The van der Waals surface area contributed by atoms with Crippen molar-refractivity contribution in [3.63, 3.8) is 0 Å². The maximum Gasteiger partial charge on any atom is 0.219 e. The number of aromatic nitrogens is 2. The number of thioether (sulfide) groups is 1. The summed E-state index contributed by atoms with van der Waals surface area (Å²) in [7, 11) is 0. The minimum Gasteiger partial charge on any atom is -0.345 e. The average Bonchev–Trinajstić information content (AvgIpc) is 3.55. The Balaban J connectivity index is 1.44. The molecule has 10 heteroatoms. The van der Waals surface area contributed by atoms with Gasteiger partial charge in [0.1, 0.15) is 17.3 Å². The fraction of sp³-hybridized carbons (Fsp3) is 0.250. The summed E-state index contributed by atoms with van der Waals surface area (Å²) in [5.74, 6) is 1.79. The molecule has 0 saturated carbocycles. The number of nitrogens with zero attached hydrogens (tertiary/aromatic N) is 4. The van der Waals surface area contributed by atoms with Crippen LogP contribution in [0.15, 0.2) is 59.9 Å². The maximum absolute atomic E-state index is 12.0. The smallest absolute Gasteiger partial charge is 0.219 e. The van der Waals surface area contributed by atoms with Crippen LogP contribution in [0.3, 0.4) is 0 Å². The quantitative estimate of drug-likeness (QED) is 0.398. The standard InChI is InChI=1S/C24H22N6OS3/c1-14(31)29-8-9-33-21(12-29)27-23-22(20-10-15-4-2-3-5-19(15)34-20)30(24(32)28-23)16-6-7-17-18(11-16)26-13-25-17/h2-7,10-11,13,21-22H,8-9,12H2,1H3,(H,25,26)(H,27,28,32). The molecule has 2 saturated heterocycles. The summed E-state index contributed by atoms with van der Waals surface area (Å²) in [5.41, 5.74) is 2.85. The Kier molecular flexibility index (Phi) is 5.51. The SMILES string of the molecule is CC(=O)N1CCSC(N=C2NC(=S)N(c3ccc4nc[nH]c4c3)C2c2cc3ccccc3s2)C1. The van der Waals surface area contributed by atoms with Crippen LogP contribution in [0.25, 0.3) is 21.1 Å². The monoisotopic (exact) mass is 506 g/mol. The van der Waals surface area contributed by atoms with Crippen molar-refractivity contribution in [1.29, 1.82) is 0 Å². The lowest BCUT2D eigenvalue weighted by Crippen LogP contribution is -2.41. The zero-order valence-electron chi connectivity index (χ0n) is 18.4. The van der Waals surface area contributed by atoms with Crippen molar-refractivity contribution in [2.24, 2.45) is 4.99 Å². The molecule has 0 radical (unpaired) electrons. The number of anilines is 1. The highest BCUT2D eigenvalue weighted by atomic mass is 32.2. The van der Waals surface area contributed by atoms with Gasteiger partial charge < -0.3 is 20.1 Å². The number of thiocarbonyl (C=S) groups is 1. The number of thiophene rings is 1. The van der Waals surface area contributed by atoms with Crippen LogP contribution < -0.4 is 10.2 Å². The van der Waals surface area contributed by atoms with Crippen LogP contribution >= 0.6 is 35.3 Å². The molecular formula is C24H22N6OS3. The molecule has 2 N–H and O–H groups in total. The molecule has 0 spiro atoms. The predicted molar refractivity (Wildman–Crippen MR) is 145 cm³/mol. The number of aromatic amines is 1. The Morgan fingerprint density at radius 3 is 2.97 bits per heavy atom. The number of amidine groups is 1. The van der Waals surface area contributed by atoms with Crippen LogP contribution in [0.1, 0.15) is 17.8 Å². The molecule has 2 unspecified atom stereocenters. The molecular weight excluding hydrogens is 485 g/mol. The Morgan fingerprint density at radius 1 is 1.24 bits per heavy atom. The first-order valence-corrected chi connectivity index (χ1v) is 13.3. The fourth-order valence-corrected chi connectivity index (χ4v) is 7.02. The van der Waals surface area contributed by atoms with Crippen LogP contribution in [0.5, 0.6) is 0 Å². The summed E-state index contributed by atoms with van der Waals surface area (Å²) in [6.07, 6.45) is 1.70. The number of benzene rings is 2. The molecule has 2 aromatic heterocycles. The van der Waals surface area contributed by atoms with Gasteiger partial charge in [-0.3, -0.25) is 9.79 Å². The van der Waals surface area contributed by atoms with Crippen molar-refractivity contribution in [3.8, 4) is 0 Å². The van der Waals surface area contributed by atoms with E-state index in [1.54, 1.807) is 36.3 Å². The highest BCUT2D eigenvalue weighted by molar-refractivity contribution is 8.00. The number of hydrogen-bond acceptors (Lipinski definition) is 6. The fourth-order valence-electron chi connectivity index (χ4n) is 4.47. The number of carbonyl (C=O) groups is 1. The number of rotatable bonds is 3. The first-order valence-electron chi connectivity index (χ1n) is 11.0. The summed E-state index contributed by atoms with van der Waals surface area (Å²) in [5, 5.41) is 5.19. The van der Waals surface area contributed by atoms with E-state index in [1.807, 2.05) is 17.0 Å². The van der Waals surface area contributed by atoms with Crippen molar-refractivity contribution in [3.05, 3.63) is 59.7 Å². The molecule has 2 atom stereocenters. The van der Waals surface area contributed by atoms with Gasteiger partial charge in [-0.1, -0.05) is 18.2 Å². The molecule has 4 heterocycles. The topological polar surface area (TPSA) is 76.6 Å². The van der Waals surface area contributed by atoms with Crippen molar-refractivity contribution in [2.75, 3.05) is 23.7 Å². The van der Waals surface area contributed by atoms with Gasteiger partial charge in [-0.15, -0.1) is 23.1 Å². The molecule has 2 fully saturated rings. The van der Waals surface area contributed by atoms with Crippen molar-refractivity contribution in [2.45, 2.75) is 18.3 Å². The maximum atomic E-state index is 12.0. The third-order valence-electron chi connectivity index (χ3n) is 6.14. The molecule has 0 bridgehead atoms. The van der Waals surface area contributed by atoms with Gasteiger partial charge in [-0.25, -0.2) is 4.98 Å². The number of amides is 1. The lowest BCUT2D eigenvalue weighted by molar-refractivity contribution is -0.128. The first-order chi connectivity index (χ1) is 16.6. The molecule has 2 aliphatic rings. The lowest BCUT2D eigenvalue weighted by Gasteiger charge is -2.30. The molecule has 1 amide bonds. The van der Waals surface area contributed by atoms with Gasteiger partial charge in [-0.05, 0) is 47.9 Å². The van der Waals surface area contributed by atoms with Gasteiger partial charge in [0, 0.05) is 34.5 Å². The first kappa shape index (κ1) is 21.6.